The monoisotopic (exact) mass is 327 g/mol. The zero-order valence-corrected chi connectivity index (χ0v) is 13.0. The van der Waals surface area contributed by atoms with E-state index in [4.69, 9.17) is 0 Å². The lowest BCUT2D eigenvalue weighted by Gasteiger charge is -2.24. The first kappa shape index (κ1) is 16.4. The van der Waals surface area contributed by atoms with Crippen LogP contribution in [0.3, 0.4) is 0 Å². The summed E-state index contributed by atoms with van der Waals surface area (Å²) >= 11 is 0. The lowest BCUT2D eigenvalue weighted by molar-refractivity contribution is -0.126. The van der Waals surface area contributed by atoms with Gasteiger partial charge in [-0.15, -0.1) is 0 Å². The normalized spacial score (nSPS) is 17.0. The Morgan fingerprint density at radius 3 is 2.41 bits per heavy atom. The fourth-order valence-corrected chi connectivity index (χ4v) is 2.70. The molecule has 9 heteroatoms. The van der Waals surface area contributed by atoms with E-state index in [1.807, 2.05) is 0 Å². The Balaban J connectivity index is 2.26. The molecule has 1 aliphatic rings. The number of nitrogens with one attached hydrogen (secondary N) is 1. The van der Waals surface area contributed by atoms with Crippen molar-refractivity contribution < 1.29 is 22.7 Å². The van der Waals surface area contributed by atoms with E-state index in [1.54, 1.807) is 30.3 Å². The number of nitrogens with zero attached hydrogens (tertiary/aromatic N) is 2. The minimum absolute atomic E-state index is 0.130. The van der Waals surface area contributed by atoms with Crippen LogP contribution in [0.4, 0.5) is 4.79 Å². The van der Waals surface area contributed by atoms with Gasteiger partial charge in [-0.1, -0.05) is 30.3 Å². The molecule has 1 heterocycles. The summed E-state index contributed by atoms with van der Waals surface area (Å²) in [5, 5.41) is 0. The van der Waals surface area contributed by atoms with Crippen molar-refractivity contribution in [2.45, 2.75) is 6.04 Å². The molecule has 1 aliphatic heterocycles. The maximum Gasteiger partial charge on any atom is 0.417 e. The highest BCUT2D eigenvalue weighted by Crippen LogP contribution is 2.18. The van der Waals surface area contributed by atoms with Crippen LogP contribution < -0.4 is 4.72 Å². The number of cyclic esters (lactones) is 1. The Morgan fingerprint density at radius 1 is 1.27 bits per heavy atom. The smallest absolute Gasteiger partial charge is 0.417 e. The predicted molar refractivity (Wildman–Crippen MR) is 78.0 cm³/mol. The molecular formula is C13H17N3O5S. The lowest BCUT2D eigenvalue weighted by Crippen LogP contribution is -2.44. The van der Waals surface area contributed by atoms with Crippen molar-refractivity contribution in [3.63, 3.8) is 0 Å². The summed E-state index contributed by atoms with van der Waals surface area (Å²) in [5.41, 5.74) is 0.639. The van der Waals surface area contributed by atoms with Crippen LogP contribution in [-0.4, -0.2) is 56.9 Å². The number of carbonyl (C=O) groups is 2. The molecule has 8 nitrogen and oxygen atoms in total. The molecule has 1 saturated heterocycles. The van der Waals surface area contributed by atoms with Gasteiger partial charge in [0, 0.05) is 14.1 Å². The number of rotatable bonds is 6. The standard InChI is InChI=1S/C13H17N3O5S/c1-15(2)22(19,20)14-11(10-6-4-3-5-7-10)8-16-12(17)9-21-13(16)18/h3-7,11,14H,8-9H2,1-2H3/t11-/m0/s1. The molecule has 1 fully saturated rings. The molecule has 1 N–H and O–H groups in total. The van der Waals surface area contributed by atoms with Crippen molar-refractivity contribution in [1.29, 1.82) is 0 Å². The maximum atomic E-state index is 12.0. The van der Waals surface area contributed by atoms with Crippen LogP contribution in [0.1, 0.15) is 11.6 Å². The summed E-state index contributed by atoms with van der Waals surface area (Å²) in [4.78, 5) is 24.1. The van der Waals surface area contributed by atoms with E-state index in [0.717, 1.165) is 9.21 Å². The van der Waals surface area contributed by atoms with Gasteiger partial charge in [-0.3, -0.25) is 4.79 Å². The zero-order valence-electron chi connectivity index (χ0n) is 12.2. The zero-order chi connectivity index (χ0) is 16.3. The summed E-state index contributed by atoms with van der Waals surface area (Å²) in [6.07, 6.45) is -0.769. The van der Waals surface area contributed by atoms with E-state index < -0.39 is 28.3 Å². The van der Waals surface area contributed by atoms with Crippen LogP contribution in [0, 0.1) is 0 Å². The number of amides is 2. The Bertz CT molecular complexity index is 644. The van der Waals surface area contributed by atoms with E-state index >= 15 is 0 Å². The largest absolute Gasteiger partial charge is 0.439 e. The lowest BCUT2D eigenvalue weighted by atomic mass is 10.1. The third kappa shape index (κ3) is 3.62. The highest BCUT2D eigenvalue weighted by molar-refractivity contribution is 7.87. The summed E-state index contributed by atoms with van der Waals surface area (Å²) in [5.74, 6) is -0.491. The number of imide groups is 1. The predicted octanol–water partition coefficient (Wildman–Crippen LogP) is 0.103. The Labute approximate surface area is 128 Å². The van der Waals surface area contributed by atoms with Gasteiger partial charge in [-0.25, -0.2) is 9.69 Å². The van der Waals surface area contributed by atoms with E-state index in [9.17, 15) is 18.0 Å². The van der Waals surface area contributed by atoms with Crippen molar-refractivity contribution in [2.75, 3.05) is 27.2 Å². The second-order valence-corrected chi connectivity index (χ2v) is 6.84. The summed E-state index contributed by atoms with van der Waals surface area (Å²) in [6, 6.07) is 7.95. The quantitative estimate of drug-likeness (QED) is 0.799. The highest BCUT2D eigenvalue weighted by atomic mass is 32.2. The first-order chi connectivity index (χ1) is 10.3. The minimum Gasteiger partial charge on any atom is -0.439 e. The molecule has 1 atom stereocenters. The second-order valence-electron chi connectivity index (χ2n) is 4.93. The van der Waals surface area contributed by atoms with Crippen molar-refractivity contribution in [3.05, 3.63) is 35.9 Å². The van der Waals surface area contributed by atoms with Gasteiger partial charge < -0.3 is 4.74 Å². The van der Waals surface area contributed by atoms with Crippen LogP contribution in [0.2, 0.25) is 0 Å². The average Bonchev–Trinajstić information content (AvgIpc) is 2.79. The fraction of sp³-hybridized carbons (Fsp3) is 0.385. The first-order valence-corrected chi connectivity index (χ1v) is 7.97. The molecule has 0 aromatic heterocycles. The number of ether oxygens (including phenoxy) is 1. The van der Waals surface area contributed by atoms with Gasteiger partial charge in [0.25, 0.3) is 16.1 Å². The van der Waals surface area contributed by atoms with Gasteiger partial charge in [0.2, 0.25) is 0 Å². The highest BCUT2D eigenvalue weighted by Gasteiger charge is 2.34. The molecule has 120 valence electrons. The molecule has 2 rings (SSSR count). The number of hydrogen-bond donors (Lipinski definition) is 1. The summed E-state index contributed by atoms with van der Waals surface area (Å²) < 4.78 is 32.2. The van der Waals surface area contributed by atoms with E-state index in [2.05, 4.69) is 9.46 Å². The van der Waals surface area contributed by atoms with Crippen LogP contribution in [-0.2, 0) is 19.7 Å². The van der Waals surface area contributed by atoms with Crippen LogP contribution in [0.15, 0.2) is 30.3 Å². The van der Waals surface area contributed by atoms with Gasteiger partial charge in [-0.05, 0) is 5.56 Å². The molecule has 1 aromatic rings. The Morgan fingerprint density at radius 2 is 1.91 bits per heavy atom. The molecule has 0 bridgehead atoms. The summed E-state index contributed by atoms with van der Waals surface area (Å²) in [6.45, 7) is -0.449. The Hall–Kier alpha value is -1.97. The number of benzene rings is 1. The van der Waals surface area contributed by atoms with Gasteiger partial charge in [-0.2, -0.15) is 17.4 Å². The SMILES string of the molecule is CN(C)S(=O)(=O)N[C@@H](CN1C(=O)COC1=O)c1ccccc1. The van der Waals surface area contributed by atoms with Gasteiger partial charge in [0.05, 0.1) is 12.6 Å². The van der Waals surface area contributed by atoms with Crippen molar-refractivity contribution in [3.8, 4) is 0 Å². The van der Waals surface area contributed by atoms with Gasteiger partial charge >= 0.3 is 6.09 Å². The first-order valence-electron chi connectivity index (χ1n) is 6.53. The van der Waals surface area contributed by atoms with E-state index in [-0.39, 0.29) is 13.2 Å². The van der Waals surface area contributed by atoms with Gasteiger partial charge in [0.1, 0.15) is 0 Å². The average molecular weight is 327 g/mol. The molecule has 1 aromatic carbocycles. The molecule has 0 unspecified atom stereocenters. The molecule has 0 spiro atoms. The topological polar surface area (TPSA) is 96.0 Å². The molecule has 22 heavy (non-hydrogen) atoms. The van der Waals surface area contributed by atoms with E-state index in [0.29, 0.717) is 5.56 Å². The second kappa shape index (κ2) is 6.42. The number of hydrogen-bond acceptors (Lipinski definition) is 5. The molecule has 0 saturated carbocycles. The van der Waals surface area contributed by atoms with Crippen molar-refractivity contribution >= 4 is 22.2 Å². The van der Waals surface area contributed by atoms with Gasteiger partial charge in [0.15, 0.2) is 6.61 Å². The molecule has 0 radical (unpaired) electrons. The third-order valence-corrected chi connectivity index (χ3v) is 4.72. The van der Waals surface area contributed by atoms with Crippen molar-refractivity contribution in [2.24, 2.45) is 0 Å². The fourth-order valence-electron chi connectivity index (χ4n) is 1.92. The van der Waals surface area contributed by atoms with E-state index in [1.165, 1.54) is 14.1 Å². The molecular weight excluding hydrogens is 310 g/mol. The maximum absolute atomic E-state index is 12.0. The third-order valence-electron chi connectivity index (χ3n) is 3.18. The van der Waals surface area contributed by atoms with Crippen LogP contribution in [0.5, 0.6) is 0 Å². The number of carbonyl (C=O) groups excluding carboxylic acids is 2. The summed E-state index contributed by atoms with van der Waals surface area (Å²) in [7, 11) is -0.952. The van der Waals surface area contributed by atoms with Crippen LogP contribution >= 0.6 is 0 Å². The Kier molecular flexibility index (Phi) is 4.79. The molecule has 2 amide bonds. The van der Waals surface area contributed by atoms with Crippen molar-refractivity contribution in [1.82, 2.24) is 13.9 Å². The molecule has 0 aliphatic carbocycles. The van der Waals surface area contributed by atoms with Crippen LogP contribution in [0.25, 0.3) is 0 Å². The minimum atomic E-state index is -3.73.